The molecule has 0 radical (unpaired) electrons. The zero-order valence-corrected chi connectivity index (χ0v) is 13.6. The SMILES string of the molecule is NCC(Sc1ccc(Br)cn1)c1ccc(Br)s1. The molecule has 0 aliphatic carbocycles. The Morgan fingerprint density at radius 2 is 2.12 bits per heavy atom. The fraction of sp³-hybridized carbons (Fsp3) is 0.182. The van der Waals surface area contributed by atoms with Gasteiger partial charge in [-0.2, -0.15) is 0 Å². The number of halogens is 2. The van der Waals surface area contributed by atoms with Crippen LogP contribution in [-0.4, -0.2) is 11.5 Å². The predicted octanol–water partition coefficient (Wildman–Crippen LogP) is 4.46. The highest BCUT2D eigenvalue weighted by molar-refractivity contribution is 9.11. The second-order valence-corrected chi connectivity index (χ2v) is 7.93. The second kappa shape index (κ2) is 6.33. The maximum Gasteiger partial charge on any atom is 0.0967 e. The zero-order valence-electron chi connectivity index (χ0n) is 8.77. The molecule has 2 rings (SSSR count). The van der Waals surface area contributed by atoms with Crippen LogP contribution < -0.4 is 5.73 Å². The highest BCUT2D eigenvalue weighted by Crippen LogP contribution is 2.38. The summed E-state index contributed by atoms with van der Waals surface area (Å²) < 4.78 is 2.13. The first-order chi connectivity index (χ1) is 8.19. The lowest BCUT2D eigenvalue weighted by Crippen LogP contribution is -2.08. The quantitative estimate of drug-likeness (QED) is 0.779. The van der Waals surface area contributed by atoms with Gasteiger partial charge in [-0.3, -0.25) is 0 Å². The van der Waals surface area contributed by atoms with Gasteiger partial charge < -0.3 is 5.73 Å². The number of hydrogen-bond acceptors (Lipinski definition) is 4. The molecule has 2 N–H and O–H groups in total. The Hall–Kier alpha value is 0.120. The third-order valence-electron chi connectivity index (χ3n) is 2.09. The Kier molecular flexibility index (Phi) is 5.05. The molecule has 1 unspecified atom stereocenters. The molecule has 0 aliphatic rings. The van der Waals surface area contributed by atoms with Gasteiger partial charge in [0.25, 0.3) is 0 Å². The first-order valence-electron chi connectivity index (χ1n) is 4.92. The molecule has 0 aliphatic heterocycles. The Bertz CT molecular complexity index is 484. The normalized spacial score (nSPS) is 12.6. The number of aromatic nitrogens is 1. The van der Waals surface area contributed by atoms with Gasteiger partial charge in [-0.15, -0.1) is 11.3 Å². The van der Waals surface area contributed by atoms with Gasteiger partial charge in [0, 0.05) is 22.1 Å². The number of nitrogens with zero attached hydrogens (tertiary/aromatic N) is 1. The fourth-order valence-corrected chi connectivity index (χ4v) is 4.09. The smallest absolute Gasteiger partial charge is 0.0967 e. The van der Waals surface area contributed by atoms with Crippen LogP contribution >= 0.6 is 55.0 Å². The predicted molar refractivity (Wildman–Crippen MR) is 81.6 cm³/mol. The second-order valence-electron chi connectivity index (χ2n) is 3.30. The van der Waals surface area contributed by atoms with Gasteiger partial charge in [0.2, 0.25) is 0 Å². The molecule has 0 spiro atoms. The van der Waals surface area contributed by atoms with Crippen LogP contribution in [0.5, 0.6) is 0 Å². The summed E-state index contributed by atoms with van der Waals surface area (Å²) in [5.74, 6) is 0. The van der Waals surface area contributed by atoms with Crippen LogP contribution in [-0.2, 0) is 0 Å². The zero-order chi connectivity index (χ0) is 12.3. The molecule has 90 valence electrons. The minimum absolute atomic E-state index is 0.264. The number of hydrogen-bond donors (Lipinski definition) is 1. The summed E-state index contributed by atoms with van der Waals surface area (Å²) in [6, 6.07) is 8.16. The molecule has 0 aromatic carbocycles. The third kappa shape index (κ3) is 3.79. The summed E-state index contributed by atoms with van der Waals surface area (Å²) in [6.45, 7) is 0.607. The van der Waals surface area contributed by atoms with Gasteiger partial charge >= 0.3 is 0 Å². The molecule has 2 aromatic heterocycles. The number of thiophene rings is 1. The molecule has 0 bridgehead atoms. The van der Waals surface area contributed by atoms with Crippen LogP contribution in [0.25, 0.3) is 0 Å². The van der Waals surface area contributed by atoms with E-state index in [1.165, 1.54) is 4.88 Å². The number of pyridine rings is 1. The van der Waals surface area contributed by atoms with Crippen molar-refractivity contribution in [2.75, 3.05) is 6.54 Å². The Balaban J connectivity index is 2.12. The highest BCUT2D eigenvalue weighted by atomic mass is 79.9. The van der Waals surface area contributed by atoms with Crippen molar-refractivity contribution in [3.63, 3.8) is 0 Å². The summed E-state index contributed by atoms with van der Waals surface area (Å²) in [4.78, 5) is 5.62. The van der Waals surface area contributed by atoms with Gasteiger partial charge in [-0.1, -0.05) is 11.8 Å². The first kappa shape index (κ1) is 13.5. The lowest BCUT2D eigenvalue weighted by Gasteiger charge is -2.11. The molecule has 6 heteroatoms. The molecule has 2 aromatic rings. The van der Waals surface area contributed by atoms with Crippen molar-refractivity contribution in [2.45, 2.75) is 10.3 Å². The van der Waals surface area contributed by atoms with E-state index in [1.807, 2.05) is 12.1 Å². The van der Waals surface area contributed by atoms with E-state index >= 15 is 0 Å². The molecule has 0 amide bonds. The summed E-state index contributed by atoms with van der Waals surface area (Å²) >= 11 is 10.3. The van der Waals surface area contributed by atoms with Crippen LogP contribution in [0.1, 0.15) is 10.1 Å². The van der Waals surface area contributed by atoms with Crippen molar-refractivity contribution in [1.29, 1.82) is 0 Å². The highest BCUT2D eigenvalue weighted by Gasteiger charge is 2.14. The molecule has 2 heterocycles. The molecule has 17 heavy (non-hydrogen) atoms. The topological polar surface area (TPSA) is 38.9 Å². The van der Waals surface area contributed by atoms with Crippen molar-refractivity contribution >= 4 is 55.0 Å². The van der Waals surface area contributed by atoms with E-state index in [4.69, 9.17) is 5.73 Å². The van der Waals surface area contributed by atoms with E-state index in [0.717, 1.165) is 13.3 Å². The maximum absolute atomic E-state index is 5.83. The lowest BCUT2D eigenvalue weighted by atomic mass is 10.3. The van der Waals surface area contributed by atoms with E-state index < -0.39 is 0 Å². The van der Waals surface area contributed by atoms with Crippen LogP contribution in [0, 0.1) is 0 Å². The van der Waals surface area contributed by atoms with Crippen LogP contribution in [0.4, 0.5) is 0 Å². The molecule has 0 saturated carbocycles. The van der Waals surface area contributed by atoms with E-state index in [-0.39, 0.29) is 5.25 Å². The Morgan fingerprint density at radius 1 is 1.29 bits per heavy atom. The molecule has 1 atom stereocenters. The van der Waals surface area contributed by atoms with Gasteiger partial charge in [-0.05, 0) is 56.1 Å². The van der Waals surface area contributed by atoms with E-state index in [0.29, 0.717) is 6.54 Å². The maximum atomic E-state index is 5.83. The average Bonchev–Trinajstić information content (AvgIpc) is 2.75. The molecule has 0 saturated heterocycles. The molecular weight excluding hydrogens is 384 g/mol. The number of rotatable bonds is 4. The lowest BCUT2D eigenvalue weighted by molar-refractivity contribution is 0.952. The monoisotopic (exact) mass is 392 g/mol. The standard InChI is InChI=1S/C11H10Br2N2S2/c12-7-1-4-11(15-6-7)17-9(5-14)8-2-3-10(13)16-8/h1-4,6,9H,5,14H2. The number of thioether (sulfide) groups is 1. The molecule has 2 nitrogen and oxygen atoms in total. The molecular formula is C11H10Br2N2S2. The van der Waals surface area contributed by atoms with Crippen LogP contribution in [0.3, 0.4) is 0 Å². The van der Waals surface area contributed by atoms with Gasteiger partial charge in [-0.25, -0.2) is 4.98 Å². The summed E-state index contributed by atoms with van der Waals surface area (Å²) in [7, 11) is 0. The average molecular weight is 394 g/mol. The summed E-state index contributed by atoms with van der Waals surface area (Å²) in [5.41, 5.74) is 5.83. The fourth-order valence-electron chi connectivity index (χ4n) is 1.30. The van der Waals surface area contributed by atoms with Crippen LogP contribution in [0.2, 0.25) is 0 Å². The van der Waals surface area contributed by atoms with Gasteiger partial charge in [0.1, 0.15) is 0 Å². The van der Waals surface area contributed by atoms with Crippen molar-refractivity contribution in [1.82, 2.24) is 4.98 Å². The first-order valence-corrected chi connectivity index (χ1v) is 8.21. The molecule has 0 fully saturated rings. The van der Waals surface area contributed by atoms with Crippen molar-refractivity contribution in [2.24, 2.45) is 5.73 Å². The van der Waals surface area contributed by atoms with Crippen LogP contribution in [0.15, 0.2) is 43.7 Å². The van der Waals surface area contributed by atoms with Crippen molar-refractivity contribution < 1.29 is 0 Å². The third-order valence-corrected chi connectivity index (χ3v) is 5.66. The number of nitrogens with two attached hydrogens (primary N) is 1. The van der Waals surface area contributed by atoms with Gasteiger partial charge in [0.15, 0.2) is 0 Å². The van der Waals surface area contributed by atoms with E-state index in [9.17, 15) is 0 Å². The van der Waals surface area contributed by atoms with E-state index in [2.05, 4.69) is 49.0 Å². The largest absolute Gasteiger partial charge is 0.329 e. The Labute approximate surface area is 125 Å². The summed E-state index contributed by atoms with van der Waals surface area (Å²) in [6.07, 6.45) is 1.81. The Morgan fingerprint density at radius 3 is 2.65 bits per heavy atom. The van der Waals surface area contributed by atoms with Crippen molar-refractivity contribution in [3.8, 4) is 0 Å². The van der Waals surface area contributed by atoms with E-state index in [1.54, 1.807) is 29.3 Å². The minimum atomic E-state index is 0.264. The summed E-state index contributed by atoms with van der Waals surface area (Å²) in [5, 5.41) is 1.26. The van der Waals surface area contributed by atoms with Crippen molar-refractivity contribution in [3.05, 3.63) is 43.6 Å². The minimum Gasteiger partial charge on any atom is -0.329 e. The van der Waals surface area contributed by atoms with Gasteiger partial charge in [0.05, 0.1) is 14.1 Å².